The van der Waals surface area contributed by atoms with Crippen LogP contribution in [0.5, 0.6) is 11.5 Å². The molecule has 6 rings (SSSR count). The second-order valence-corrected chi connectivity index (χ2v) is 12.3. The first kappa shape index (κ1) is 34.0. The van der Waals surface area contributed by atoms with Gasteiger partial charge in [-0.1, -0.05) is 36.4 Å². The Bertz CT molecular complexity index is 1320. The zero-order valence-electron chi connectivity index (χ0n) is 27.3. The van der Waals surface area contributed by atoms with Crippen molar-refractivity contribution in [2.24, 2.45) is 0 Å². The largest absolute Gasteiger partial charge is 0.489 e. The molecule has 242 valence electrons. The van der Waals surface area contributed by atoms with E-state index in [1.807, 2.05) is 81.8 Å². The number of likely N-dealkylation sites (N-methyl/N-ethyl adjacent to an activating group) is 3. The smallest absolute Gasteiger partial charge is 0.147 e. The predicted molar refractivity (Wildman–Crippen MR) is 173 cm³/mol. The minimum Gasteiger partial charge on any atom is -0.489 e. The summed E-state index contributed by atoms with van der Waals surface area (Å²) in [5.41, 5.74) is 2.18. The van der Waals surface area contributed by atoms with Gasteiger partial charge >= 0.3 is 0 Å². The number of Topliss-reactive ketones (excluding diaryl/α,β-unsaturated/α-hetero) is 3. The van der Waals surface area contributed by atoms with Gasteiger partial charge in [-0.3, -0.25) is 29.1 Å². The first-order valence-electron chi connectivity index (χ1n) is 15.6. The van der Waals surface area contributed by atoms with Gasteiger partial charge in [-0.2, -0.15) is 0 Å². The Balaban J connectivity index is 0.000000155. The molecule has 10 heteroatoms. The van der Waals surface area contributed by atoms with E-state index in [1.54, 1.807) is 27.1 Å². The normalized spacial score (nSPS) is 24.8. The number of fused-ring (bicyclic) bond motifs is 1. The quantitative estimate of drug-likeness (QED) is 0.424. The van der Waals surface area contributed by atoms with Gasteiger partial charge in [0.2, 0.25) is 0 Å². The number of ether oxygens (including phenoxy) is 2. The van der Waals surface area contributed by atoms with Crippen molar-refractivity contribution in [2.45, 2.75) is 76.9 Å². The molecule has 0 radical (unpaired) electrons. The number of para-hydroxylation sites is 2. The summed E-state index contributed by atoms with van der Waals surface area (Å²) in [6.07, 6.45) is 4.27. The summed E-state index contributed by atoms with van der Waals surface area (Å²) in [7, 11) is 5.91. The Morgan fingerprint density at radius 1 is 0.689 bits per heavy atom. The molecule has 1 N–H and O–H groups in total. The van der Waals surface area contributed by atoms with E-state index in [0.717, 1.165) is 61.8 Å². The van der Waals surface area contributed by atoms with Crippen molar-refractivity contribution in [3.8, 4) is 11.5 Å². The van der Waals surface area contributed by atoms with Gasteiger partial charge in [-0.05, 0) is 66.2 Å². The standard InChI is InChI=1S/2C13H17NO2.C9H13N3O/c2*1-10(15)13-8-12(9-14(13)2)16-11-6-4-3-5-7-11;1-6(13)9-3-7-8(4-12(9)2)11-5-10-7/h2*3-7,12-13H,8-9H2,1-2H3;5,9H,3-4H2,1-2H3,(H,10,11)/t12-,13+;12-,13-;9-/m100/s1. The van der Waals surface area contributed by atoms with Crippen molar-refractivity contribution in [1.82, 2.24) is 24.7 Å². The molecule has 2 fully saturated rings. The molecule has 1 aromatic heterocycles. The number of hydrogen-bond donors (Lipinski definition) is 1. The maximum atomic E-state index is 11.4. The topological polar surface area (TPSA) is 108 Å². The lowest BCUT2D eigenvalue weighted by Crippen LogP contribution is -2.42. The number of nitrogens with one attached hydrogen (secondary N) is 1. The van der Waals surface area contributed by atoms with Crippen LogP contribution in [0.2, 0.25) is 0 Å². The second-order valence-electron chi connectivity index (χ2n) is 12.3. The molecule has 0 aliphatic carbocycles. The summed E-state index contributed by atoms with van der Waals surface area (Å²) in [4.78, 5) is 47.4. The van der Waals surface area contributed by atoms with Gasteiger partial charge in [-0.25, -0.2) is 4.98 Å². The molecule has 4 heterocycles. The van der Waals surface area contributed by atoms with E-state index >= 15 is 0 Å². The van der Waals surface area contributed by atoms with Crippen molar-refractivity contribution in [3.05, 3.63) is 78.4 Å². The van der Waals surface area contributed by atoms with Gasteiger partial charge in [0.15, 0.2) is 0 Å². The maximum absolute atomic E-state index is 11.4. The maximum Gasteiger partial charge on any atom is 0.147 e. The number of H-pyrrole nitrogens is 1. The SMILES string of the molecule is CC(=O)[C@@H]1C[C@@H](Oc2ccccc2)CN1C.CC(=O)[C@@H]1C[C@H](Oc2ccccc2)CN1C.CC(=O)[C@@H]1Cc2nc[nH]c2CN1C. The van der Waals surface area contributed by atoms with Crippen LogP contribution in [0.4, 0.5) is 0 Å². The summed E-state index contributed by atoms with van der Waals surface area (Å²) in [5, 5.41) is 0. The Labute approximate surface area is 266 Å². The highest BCUT2D eigenvalue weighted by atomic mass is 16.5. The molecule has 10 nitrogen and oxygen atoms in total. The minimum absolute atomic E-state index is 0.01000. The highest BCUT2D eigenvalue weighted by Gasteiger charge is 2.34. The van der Waals surface area contributed by atoms with Crippen molar-refractivity contribution >= 4 is 17.3 Å². The number of benzene rings is 2. The molecule has 0 spiro atoms. The highest BCUT2D eigenvalue weighted by molar-refractivity contribution is 5.82. The fraction of sp³-hybridized carbons (Fsp3) is 0.486. The third-order valence-electron chi connectivity index (χ3n) is 8.65. The summed E-state index contributed by atoms with van der Waals surface area (Å²) < 4.78 is 11.7. The van der Waals surface area contributed by atoms with Crippen LogP contribution in [0.3, 0.4) is 0 Å². The van der Waals surface area contributed by atoms with E-state index in [0.29, 0.717) is 0 Å². The predicted octanol–water partition coefficient (Wildman–Crippen LogP) is 3.81. The number of likely N-dealkylation sites (tertiary alicyclic amines) is 2. The van der Waals surface area contributed by atoms with Crippen LogP contribution >= 0.6 is 0 Å². The number of ketones is 3. The number of aromatic amines is 1. The number of carbonyl (C=O) groups excluding carboxylic acids is 3. The Hall–Kier alpha value is -3.86. The third-order valence-corrected chi connectivity index (χ3v) is 8.65. The molecule has 0 saturated carbocycles. The van der Waals surface area contributed by atoms with E-state index in [1.165, 1.54) is 0 Å². The lowest BCUT2D eigenvalue weighted by atomic mass is 10.0. The van der Waals surface area contributed by atoms with Gasteiger partial charge in [0.1, 0.15) is 41.1 Å². The Morgan fingerprint density at radius 3 is 1.53 bits per heavy atom. The molecule has 3 aliphatic rings. The average molecular weight is 618 g/mol. The van der Waals surface area contributed by atoms with Crippen molar-refractivity contribution < 1.29 is 23.9 Å². The lowest BCUT2D eigenvalue weighted by molar-refractivity contribution is -0.122. The second kappa shape index (κ2) is 15.9. The molecule has 0 amide bonds. The molecule has 2 saturated heterocycles. The molecule has 45 heavy (non-hydrogen) atoms. The highest BCUT2D eigenvalue weighted by Crippen LogP contribution is 2.23. The van der Waals surface area contributed by atoms with Crippen molar-refractivity contribution in [3.63, 3.8) is 0 Å². The number of imidazole rings is 1. The van der Waals surface area contributed by atoms with Gasteiger partial charge in [0.25, 0.3) is 0 Å². The summed E-state index contributed by atoms with van der Waals surface area (Å²) in [6.45, 7) is 7.36. The van der Waals surface area contributed by atoms with E-state index in [9.17, 15) is 14.4 Å². The van der Waals surface area contributed by atoms with Gasteiger partial charge in [0.05, 0.1) is 35.8 Å². The number of rotatable bonds is 7. The molecular formula is C35H47N5O5. The summed E-state index contributed by atoms with van der Waals surface area (Å²) >= 11 is 0. The van der Waals surface area contributed by atoms with Crippen LogP contribution in [-0.4, -0.2) is 107 Å². The van der Waals surface area contributed by atoms with Crippen LogP contribution < -0.4 is 9.47 Å². The van der Waals surface area contributed by atoms with Crippen LogP contribution in [0, 0.1) is 0 Å². The fourth-order valence-corrected chi connectivity index (χ4v) is 6.23. The van der Waals surface area contributed by atoms with Crippen LogP contribution in [0.25, 0.3) is 0 Å². The number of hydrogen-bond acceptors (Lipinski definition) is 9. The van der Waals surface area contributed by atoms with Crippen molar-refractivity contribution in [1.29, 1.82) is 0 Å². The zero-order valence-corrected chi connectivity index (χ0v) is 27.3. The molecule has 3 aromatic rings. The van der Waals surface area contributed by atoms with Gasteiger partial charge < -0.3 is 14.5 Å². The fourth-order valence-electron chi connectivity index (χ4n) is 6.23. The summed E-state index contributed by atoms with van der Waals surface area (Å²) in [5.74, 6) is 2.43. The third kappa shape index (κ3) is 9.56. The zero-order chi connectivity index (χ0) is 32.5. The van der Waals surface area contributed by atoms with Gasteiger partial charge in [0, 0.05) is 38.9 Å². The molecular weight excluding hydrogens is 570 g/mol. The molecule has 0 unspecified atom stereocenters. The molecule has 2 aromatic carbocycles. The first-order valence-corrected chi connectivity index (χ1v) is 15.6. The lowest BCUT2D eigenvalue weighted by Gasteiger charge is -2.29. The van der Waals surface area contributed by atoms with E-state index in [2.05, 4.69) is 24.7 Å². The Kier molecular flexibility index (Phi) is 12.0. The van der Waals surface area contributed by atoms with Crippen LogP contribution in [0.1, 0.15) is 45.0 Å². The van der Waals surface area contributed by atoms with Crippen LogP contribution in [-0.2, 0) is 27.3 Å². The molecule has 0 bridgehead atoms. The van der Waals surface area contributed by atoms with E-state index in [-0.39, 0.29) is 47.7 Å². The minimum atomic E-state index is 0.01000. The molecule has 3 aliphatic heterocycles. The van der Waals surface area contributed by atoms with Crippen molar-refractivity contribution in [2.75, 3.05) is 34.2 Å². The van der Waals surface area contributed by atoms with E-state index < -0.39 is 0 Å². The first-order chi connectivity index (χ1) is 21.5. The molecule has 5 atom stereocenters. The monoisotopic (exact) mass is 617 g/mol. The number of nitrogens with zero attached hydrogens (tertiary/aromatic N) is 4. The number of aromatic nitrogens is 2. The van der Waals surface area contributed by atoms with E-state index in [4.69, 9.17) is 9.47 Å². The van der Waals surface area contributed by atoms with Gasteiger partial charge in [-0.15, -0.1) is 0 Å². The number of carbonyl (C=O) groups is 3. The average Bonchev–Trinajstić information content (AvgIpc) is 3.72. The summed E-state index contributed by atoms with van der Waals surface area (Å²) in [6, 6.07) is 19.6. The Morgan fingerprint density at radius 2 is 1.13 bits per heavy atom. The van der Waals surface area contributed by atoms with Crippen LogP contribution in [0.15, 0.2) is 67.0 Å².